The molecule has 0 amide bonds. The highest BCUT2D eigenvalue weighted by Gasteiger charge is 2.58. The van der Waals surface area contributed by atoms with Gasteiger partial charge in [0.1, 0.15) is 6.10 Å². The fourth-order valence-corrected chi connectivity index (χ4v) is 5.81. The Morgan fingerprint density at radius 2 is 1.91 bits per heavy atom. The van der Waals surface area contributed by atoms with Crippen LogP contribution in [0, 0.1) is 22.7 Å². The second kappa shape index (κ2) is 4.55. The number of allylic oxidation sites excluding steroid dienone is 3. The first kappa shape index (κ1) is 14.6. The number of Topliss-reactive ketones (excluding diaryl/α,β-unsaturated/α-hetero) is 1. The van der Waals surface area contributed by atoms with Gasteiger partial charge in [-0.3, -0.25) is 4.79 Å². The van der Waals surface area contributed by atoms with Crippen molar-refractivity contribution >= 4 is 5.78 Å². The van der Waals surface area contributed by atoms with Gasteiger partial charge in [0.2, 0.25) is 0 Å². The van der Waals surface area contributed by atoms with Gasteiger partial charge < -0.3 is 10.8 Å². The van der Waals surface area contributed by atoms with E-state index in [1.165, 1.54) is 11.1 Å². The Morgan fingerprint density at radius 3 is 2.68 bits per heavy atom. The number of nitrogens with two attached hydrogens (primary N) is 1. The third-order valence-corrected chi connectivity index (χ3v) is 7.40. The van der Waals surface area contributed by atoms with Crippen molar-refractivity contribution in [2.45, 2.75) is 64.5 Å². The Kier molecular flexibility index (Phi) is 3.03. The van der Waals surface area contributed by atoms with Crippen molar-refractivity contribution in [1.29, 1.82) is 0 Å². The molecular formula is C19H27NO2. The highest BCUT2D eigenvalue weighted by Crippen LogP contribution is 2.62. The molecule has 0 spiro atoms. The molecule has 1 unspecified atom stereocenters. The van der Waals surface area contributed by atoms with E-state index in [1.807, 2.05) is 0 Å². The van der Waals surface area contributed by atoms with Crippen molar-refractivity contribution < 1.29 is 9.90 Å². The van der Waals surface area contributed by atoms with Crippen LogP contribution in [0.4, 0.5) is 0 Å². The average molecular weight is 301 g/mol. The molecule has 0 aromatic rings. The van der Waals surface area contributed by atoms with Crippen molar-refractivity contribution in [3.05, 3.63) is 23.3 Å². The molecule has 4 aliphatic carbocycles. The van der Waals surface area contributed by atoms with Gasteiger partial charge in [0.25, 0.3) is 0 Å². The van der Waals surface area contributed by atoms with E-state index in [1.54, 1.807) is 0 Å². The van der Waals surface area contributed by atoms with Crippen LogP contribution in [-0.2, 0) is 4.79 Å². The summed E-state index contributed by atoms with van der Waals surface area (Å²) in [5.74, 6) is 0.815. The summed E-state index contributed by atoms with van der Waals surface area (Å²) in [6.45, 7) is 4.51. The average Bonchev–Trinajstić information content (AvgIpc) is 2.72. The maximum Gasteiger partial charge on any atom is 0.162 e. The molecule has 0 radical (unpaired) electrons. The zero-order valence-corrected chi connectivity index (χ0v) is 13.6. The number of carbonyl (C=O) groups excluding carboxylic acids is 1. The predicted molar refractivity (Wildman–Crippen MR) is 86.1 cm³/mol. The van der Waals surface area contributed by atoms with Crippen LogP contribution >= 0.6 is 0 Å². The van der Waals surface area contributed by atoms with E-state index >= 15 is 0 Å². The van der Waals surface area contributed by atoms with Crippen LogP contribution in [0.5, 0.6) is 0 Å². The van der Waals surface area contributed by atoms with Crippen LogP contribution in [0.1, 0.15) is 52.4 Å². The molecule has 3 nitrogen and oxygen atoms in total. The van der Waals surface area contributed by atoms with Gasteiger partial charge in [-0.05, 0) is 49.4 Å². The van der Waals surface area contributed by atoms with Crippen LogP contribution in [-0.4, -0.2) is 23.0 Å². The molecule has 0 saturated heterocycles. The normalized spacial score (nSPS) is 50.6. The van der Waals surface area contributed by atoms with Gasteiger partial charge in [-0.15, -0.1) is 0 Å². The Hall–Kier alpha value is -0.930. The van der Waals surface area contributed by atoms with Gasteiger partial charge >= 0.3 is 0 Å². The molecule has 0 aliphatic heterocycles. The molecule has 3 fully saturated rings. The highest BCUT2D eigenvalue weighted by atomic mass is 16.3. The molecule has 3 N–H and O–H groups in total. The van der Waals surface area contributed by atoms with Gasteiger partial charge in [0, 0.05) is 17.9 Å². The van der Waals surface area contributed by atoms with E-state index < -0.39 is 6.10 Å². The van der Waals surface area contributed by atoms with Gasteiger partial charge in [-0.25, -0.2) is 0 Å². The molecule has 22 heavy (non-hydrogen) atoms. The zero-order valence-electron chi connectivity index (χ0n) is 13.6. The fourth-order valence-electron chi connectivity index (χ4n) is 5.81. The minimum absolute atomic E-state index is 0.0413. The molecule has 6 atom stereocenters. The van der Waals surface area contributed by atoms with Gasteiger partial charge in [0.15, 0.2) is 5.78 Å². The van der Waals surface area contributed by atoms with E-state index in [9.17, 15) is 9.90 Å². The lowest BCUT2D eigenvalue weighted by molar-refractivity contribution is -0.127. The lowest BCUT2D eigenvalue weighted by Gasteiger charge is -2.54. The minimum atomic E-state index is -0.766. The van der Waals surface area contributed by atoms with E-state index in [4.69, 9.17) is 5.73 Å². The third kappa shape index (κ3) is 1.73. The van der Waals surface area contributed by atoms with Crippen LogP contribution in [0.25, 0.3) is 0 Å². The van der Waals surface area contributed by atoms with Crippen LogP contribution in [0.15, 0.2) is 23.3 Å². The summed E-state index contributed by atoms with van der Waals surface area (Å²) < 4.78 is 0. The van der Waals surface area contributed by atoms with E-state index in [0.717, 1.165) is 32.1 Å². The van der Waals surface area contributed by atoms with Crippen LogP contribution in [0.2, 0.25) is 0 Å². The fraction of sp³-hybridized carbons (Fsp3) is 0.737. The number of hydrogen-bond acceptors (Lipinski definition) is 3. The maximum atomic E-state index is 12.1. The first-order chi connectivity index (χ1) is 10.4. The first-order valence-corrected chi connectivity index (χ1v) is 8.74. The van der Waals surface area contributed by atoms with Gasteiger partial charge in [0.05, 0.1) is 0 Å². The second-order valence-corrected chi connectivity index (χ2v) is 8.50. The highest BCUT2D eigenvalue weighted by molar-refractivity contribution is 5.87. The molecule has 4 rings (SSSR count). The smallest absolute Gasteiger partial charge is 0.162 e. The predicted octanol–water partition coefficient (Wildman–Crippen LogP) is 2.74. The number of ketones is 1. The van der Waals surface area contributed by atoms with Gasteiger partial charge in [-0.1, -0.05) is 37.1 Å². The van der Waals surface area contributed by atoms with Crippen molar-refractivity contribution in [3.8, 4) is 0 Å². The van der Waals surface area contributed by atoms with Crippen LogP contribution < -0.4 is 5.73 Å². The first-order valence-electron chi connectivity index (χ1n) is 8.74. The standard InChI is InChI=1S/C19H27NO2/c1-18-7-5-12(20)9-11(18)3-4-13-14(18)6-8-19(2)15(13)10-16(21)17(19)22/h3-4,12,14-15,17,22H,5-10,20H2,1-2H3/t12?,14-,15-,17+,18-,19-/m0/s1. The van der Waals surface area contributed by atoms with Crippen molar-refractivity contribution in [3.63, 3.8) is 0 Å². The summed E-state index contributed by atoms with van der Waals surface area (Å²) in [4.78, 5) is 12.1. The summed E-state index contributed by atoms with van der Waals surface area (Å²) in [5, 5.41) is 10.4. The maximum absolute atomic E-state index is 12.1. The van der Waals surface area contributed by atoms with E-state index in [2.05, 4.69) is 26.0 Å². The van der Waals surface area contributed by atoms with Crippen molar-refractivity contribution in [2.24, 2.45) is 28.4 Å². The quantitative estimate of drug-likeness (QED) is 0.723. The SMILES string of the molecule is C[C@]12CC[C@H]3C(=CC=C4CC(N)CC[C@@]43C)[C@@H]1CC(=O)[C@H]2O. The summed E-state index contributed by atoms with van der Waals surface area (Å²) in [5.41, 5.74) is 9.09. The van der Waals surface area contributed by atoms with E-state index in [0.29, 0.717) is 18.4 Å². The Labute approximate surface area is 132 Å². The number of aliphatic hydroxyl groups excluding tert-OH is 1. The summed E-state index contributed by atoms with van der Waals surface area (Å²) >= 11 is 0. The van der Waals surface area contributed by atoms with Crippen LogP contribution in [0.3, 0.4) is 0 Å². The number of carbonyl (C=O) groups is 1. The Bertz CT molecular complexity index is 592. The van der Waals surface area contributed by atoms with E-state index in [-0.39, 0.29) is 22.5 Å². The molecule has 0 heterocycles. The van der Waals surface area contributed by atoms with Crippen molar-refractivity contribution in [1.82, 2.24) is 0 Å². The number of aliphatic hydroxyl groups is 1. The molecule has 0 aromatic heterocycles. The lowest BCUT2D eigenvalue weighted by Crippen LogP contribution is -2.47. The molecule has 3 saturated carbocycles. The second-order valence-electron chi connectivity index (χ2n) is 8.50. The number of hydrogen-bond donors (Lipinski definition) is 2. The topological polar surface area (TPSA) is 63.3 Å². The summed E-state index contributed by atoms with van der Waals surface area (Å²) in [7, 11) is 0. The summed E-state index contributed by atoms with van der Waals surface area (Å²) in [6, 6.07) is 0.304. The molecule has 0 bridgehead atoms. The molecule has 4 aliphatic rings. The number of fused-ring (bicyclic) bond motifs is 5. The van der Waals surface area contributed by atoms with Crippen molar-refractivity contribution in [2.75, 3.05) is 0 Å². The molecule has 0 aromatic carbocycles. The largest absolute Gasteiger partial charge is 0.385 e. The Balaban J connectivity index is 1.76. The molecule has 120 valence electrons. The lowest BCUT2D eigenvalue weighted by atomic mass is 9.51. The molecular weight excluding hydrogens is 274 g/mol. The monoisotopic (exact) mass is 301 g/mol. The zero-order chi connectivity index (χ0) is 15.7. The number of rotatable bonds is 0. The summed E-state index contributed by atoms with van der Waals surface area (Å²) in [6.07, 6.45) is 9.63. The van der Waals surface area contributed by atoms with Gasteiger partial charge in [-0.2, -0.15) is 0 Å². The Morgan fingerprint density at radius 1 is 1.14 bits per heavy atom. The minimum Gasteiger partial charge on any atom is -0.385 e. The third-order valence-electron chi connectivity index (χ3n) is 7.40. The molecule has 3 heteroatoms.